The van der Waals surface area contributed by atoms with Gasteiger partial charge in [0.05, 0.1) is 11.5 Å². The monoisotopic (exact) mass is 586 g/mol. The molecule has 0 aliphatic rings. The van der Waals surface area contributed by atoms with Crippen molar-refractivity contribution in [3.8, 4) is 0 Å². The standard InChI is InChI=1S/C26H26N2Si.C14H13B/c1-21(2)18-22-10-9-15-25(19-22)29-26(28-17-16-27-20-28,23-11-5-3-6-12-23)24-13-7-4-8-14-24;1-2-15(13-9-5-3-6-10-13)14-11-7-4-8-12-14/h3-17,19-21H,18H2,1-2H3;2-12H,1H2. The zero-order chi connectivity index (χ0) is 30.6. The molecule has 0 atom stereocenters. The summed E-state index contributed by atoms with van der Waals surface area (Å²) in [6, 6.07) is 51.6. The lowest BCUT2D eigenvalue weighted by Gasteiger charge is -2.36. The van der Waals surface area contributed by atoms with Gasteiger partial charge < -0.3 is 4.57 Å². The Morgan fingerprint density at radius 2 is 1.25 bits per heavy atom. The van der Waals surface area contributed by atoms with Crippen molar-refractivity contribution in [3.63, 3.8) is 0 Å². The fraction of sp³-hybridized carbons (Fsp3) is 0.125. The first kappa shape index (κ1) is 30.8. The Morgan fingerprint density at radius 3 is 1.70 bits per heavy atom. The van der Waals surface area contributed by atoms with Crippen molar-refractivity contribution in [2.45, 2.75) is 25.4 Å². The largest absolute Gasteiger partial charge is 0.326 e. The quantitative estimate of drug-likeness (QED) is 0.160. The molecule has 5 aromatic carbocycles. The number of nitrogens with zero attached hydrogens (tertiary/aromatic N) is 2. The maximum atomic E-state index is 4.41. The Kier molecular flexibility index (Phi) is 10.6. The zero-order valence-electron chi connectivity index (χ0n) is 25.6. The van der Waals surface area contributed by atoms with E-state index >= 15 is 0 Å². The first-order valence-electron chi connectivity index (χ1n) is 15.3. The number of hydrogen-bond acceptors (Lipinski definition) is 1. The maximum Gasteiger partial charge on any atom is 0.233 e. The van der Waals surface area contributed by atoms with Gasteiger partial charge in [-0.3, -0.25) is 0 Å². The fourth-order valence-corrected chi connectivity index (χ4v) is 7.47. The third kappa shape index (κ3) is 7.45. The van der Waals surface area contributed by atoms with Crippen LogP contribution in [0.2, 0.25) is 0 Å². The lowest BCUT2D eigenvalue weighted by Crippen LogP contribution is -2.46. The molecule has 0 unspecified atom stereocenters. The number of rotatable bonds is 10. The van der Waals surface area contributed by atoms with Gasteiger partial charge in [-0.1, -0.05) is 176 Å². The van der Waals surface area contributed by atoms with Gasteiger partial charge in [-0.05, 0) is 29.0 Å². The van der Waals surface area contributed by atoms with Crippen LogP contribution in [0, 0.1) is 5.92 Å². The molecule has 0 spiro atoms. The summed E-state index contributed by atoms with van der Waals surface area (Å²) in [5.74, 6) is 2.64. The SMILES string of the molecule is C=CB(c1ccccc1)c1ccccc1.CC(C)Cc1cccc([Si]C(c2ccccc2)(c2ccccc2)n2ccnc2)c1. The van der Waals surface area contributed by atoms with Gasteiger partial charge in [0.2, 0.25) is 6.71 Å². The van der Waals surface area contributed by atoms with E-state index in [1.165, 1.54) is 32.8 Å². The molecule has 0 N–H and O–H groups in total. The smallest absolute Gasteiger partial charge is 0.233 e. The molecule has 6 aromatic rings. The second-order valence-corrected chi connectivity index (χ2v) is 12.9. The Hall–Kier alpha value is -4.67. The Bertz CT molecular complexity index is 1610. The van der Waals surface area contributed by atoms with Crippen molar-refractivity contribution >= 4 is 32.3 Å². The van der Waals surface area contributed by atoms with Gasteiger partial charge in [0.25, 0.3) is 0 Å². The molecule has 2 radical (unpaired) electrons. The van der Waals surface area contributed by atoms with Gasteiger partial charge in [-0.25, -0.2) is 4.98 Å². The van der Waals surface area contributed by atoms with Crippen LogP contribution in [0.3, 0.4) is 0 Å². The van der Waals surface area contributed by atoms with Crippen LogP contribution in [0.25, 0.3) is 0 Å². The number of imidazole rings is 1. The third-order valence-corrected chi connectivity index (χ3v) is 9.52. The van der Waals surface area contributed by atoms with Gasteiger partial charge in [-0.15, -0.1) is 12.6 Å². The van der Waals surface area contributed by atoms with Crippen LogP contribution in [0.5, 0.6) is 0 Å². The molecule has 0 saturated heterocycles. The van der Waals surface area contributed by atoms with E-state index < -0.39 is 0 Å². The Labute approximate surface area is 266 Å². The van der Waals surface area contributed by atoms with E-state index in [4.69, 9.17) is 0 Å². The molecule has 6 rings (SSSR count). The fourth-order valence-electron chi connectivity index (χ4n) is 5.73. The van der Waals surface area contributed by atoms with Crippen LogP contribution in [0.15, 0.2) is 177 Å². The predicted octanol–water partition coefficient (Wildman–Crippen LogP) is 6.88. The molecule has 4 heteroatoms. The Morgan fingerprint density at radius 1 is 0.727 bits per heavy atom. The average molecular weight is 587 g/mol. The first-order chi connectivity index (χ1) is 21.6. The summed E-state index contributed by atoms with van der Waals surface area (Å²) in [7, 11) is 0.531. The summed E-state index contributed by atoms with van der Waals surface area (Å²) < 4.78 is 2.27. The van der Waals surface area contributed by atoms with E-state index in [1.807, 2.05) is 30.6 Å². The minimum atomic E-state index is -0.324. The van der Waals surface area contributed by atoms with Gasteiger partial charge in [-0.2, -0.15) is 0 Å². The highest BCUT2D eigenvalue weighted by Gasteiger charge is 2.37. The molecular formula is C40H39BN2Si. The second-order valence-electron chi connectivity index (χ2n) is 11.4. The van der Waals surface area contributed by atoms with Crippen LogP contribution in [-0.4, -0.2) is 25.8 Å². The van der Waals surface area contributed by atoms with Crippen molar-refractivity contribution in [1.29, 1.82) is 0 Å². The highest BCUT2D eigenvalue weighted by molar-refractivity contribution is 6.89. The summed E-state index contributed by atoms with van der Waals surface area (Å²) in [5.41, 5.74) is 6.54. The molecule has 216 valence electrons. The second kappa shape index (κ2) is 15.2. The molecule has 0 fully saturated rings. The minimum Gasteiger partial charge on any atom is -0.326 e. The van der Waals surface area contributed by atoms with Crippen molar-refractivity contribution in [2.24, 2.45) is 5.92 Å². The van der Waals surface area contributed by atoms with Crippen LogP contribution >= 0.6 is 0 Å². The van der Waals surface area contributed by atoms with E-state index in [2.05, 4.69) is 170 Å². The third-order valence-electron chi connectivity index (χ3n) is 7.72. The number of hydrogen-bond donors (Lipinski definition) is 0. The molecule has 1 aromatic heterocycles. The number of aromatic nitrogens is 2. The van der Waals surface area contributed by atoms with Crippen molar-refractivity contribution in [2.75, 3.05) is 0 Å². The van der Waals surface area contributed by atoms with Crippen molar-refractivity contribution in [3.05, 3.63) is 194 Å². The van der Waals surface area contributed by atoms with Crippen molar-refractivity contribution in [1.82, 2.24) is 9.55 Å². The average Bonchev–Trinajstić information content (AvgIpc) is 3.62. The summed E-state index contributed by atoms with van der Waals surface area (Å²) in [6.07, 6.45) is 7.02. The summed E-state index contributed by atoms with van der Waals surface area (Å²) in [5, 5.41) is 1.04. The lowest BCUT2D eigenvalue weighted by molar-refractivity contribution is 0.596. The van der Waals surface area contributed by atoms with Gasteiger partial charge in [0.1, 0.15) is 9.52 Å². The topological polar surface area (TPSA) is 17.8 Å². The van der Waals surface area contributed by atoms with E-state index in [1.54, 1.807) is 0 Å². The molecular weight excluding hydrogens is 547 g/mol. The van der Waals surface area contributed by atoms with Crippen molar-refractivity contribution < 1.29 is 0 Å². The maximum absolute atomic E-state index is 4.41. The molecule has 1 heterocycles. The number of benzene rings is 5. The zero-order valence-corrected chi connectivity index (χ0v) is 26.6. The van der Waals surface area contributed by atoms with Gasteiger partial charge in [0.15, 0.2) is 0 Å². The molecule has 0 amide bonds. The molecule has 0 aliphatic heterocycles. The molecule has 0 aliphatic carbocycles. The molecule has 0 bridgehead atoms. The van der Waals surface area contributed by atoms with Gasteiger partial charge in [0, 0.05) is 12.4 Å². The van der Waals surface area contributed by atoms with Gasteiger partial charge >= 0.3 is 0 Å². The molecule has 2 nitrogen and oxygen atoms in total. The highest BCUT2D eigenvalue weighted by Crippen LogP contribution is 2.33. The predicted molar refractivity (Wildman–Crippen MR) is 190 cm³/mol. The van der Waals surface area contributed by atoms with Crippen LogP contribution in [-0.2, 0) is 11.6 Å². The van der Waals surface area contributed by atoms with E-state index in [0.717, 1.165) is 6.42 Å². The summed E-state index contributed by atoms with van der Waals surface area (Å²) >= 11 is 0. The van der Waals surface area contributed by atoms with Crippen LogP contribution in [0.4, 0.5) is 0 Å². The van der Waals surface area contributed by atoms with E-state index in [0.29, 0.717) is 22.2 Å². The van der Waals surface area contributed by atoms with Crippen LogP contribution < -0.4 is 16.1 Å². The normalized spacial score (nSPS) is 11.0. The molecule has 0 saturated carbocycles. The lowest BCUT2D eigenvalue weighted by atomic mass is 9.41. The minimum absolute atomic E-state index is 0.299. The van der Waals surface area contributed by atoms with E-state index in [-0.39, 0.29) is 5.16 Å². The summed E-state index contributed by atoms with van der Waals surface area (Å²) in [6.45, 7) is 8.77. The van der Waals surface area contributed by atoms with Crippen LogP contribution in [0.1, 0.15) is 30.5 Å². The summed E-state index contributed by atoms with van der Waals surface area (Å²) in [4.78, 5) is 4.41. The Balaban J connectivity index is 0.000000215. The molecule has 44 heavy (non-hydrogen) atoms. The van der Waals surface area contributed by atoms with E-state index in [9.17, 15) is 0 Å². The first-order valence-corrected chi connectivity index (χ1v) is 16.3. The highest BCUT2D eigenvalue weighted by atomic mass is 28.2.